The molecule has 0 spiro atoms. The van der Waals surface area contributed by atoms with Gasteiger partial charge in [0.25, 0.3) is 5.69 Å². The number of carboxylic acids is 1. The van der Waals surface area contributed by atoms with E-state index in [2.05, 4.69) is 5.32 Å². The molecule has 14 heavy (non-hydrogen) atoms. The molecule has 2 rings (SSSR count). The first-order valence-electron chi connectivity index (χ1n) is 4.10. The number of nitrogens with one attached hydrogen (secondary N) is 1. The molecule has 1 aliphatic rings. The molecule has 1 N–H and O–H groups in total. The number of hydrogen-bond acceptors (Lipinski definition) is 4. The van der Waals surface area contributed by atoms with Crippen LogP contribution in [0.25, 0.3) is 0 Å². The van der Waals surface area contributed by atoms with Crippen LogP contribution in [-0.4, -0.2) is 17.9 Å². The fourth-order valence-electron chi connectivity index (χ4n) is 1.52. The normalized spacial score (nSPS) is 25.4. The number of amides is 1. The first-order chi connectivity index (χ1) is 6.61. The second kappa shape index (κ2) is 3.06. The number of thiazole rings is 1. The Kier molecular flexibility index (Phi) is 1.99. The van der Waals surface area contributed by atoms with Crippen LogP contribution in [0, 0.1) is 0 Å². The van der Waals surface area contributed by atoms with E-state index in [0.717, 1.165) is 0 Å². The van der Waals surface area contributed by atoms with Crippen LogP contribution in [0.4, 0.5) is 0 Å². The molecule has 74 valence electrons. The molecule has 1 aromatic rings. The van der Waals surface area contributed by atoms with Gasteiger partial charge in [0.2, 0.25) is 5.51 Å². The van der Waals surface area contributed by atoms with Gasteiger partial charge in [-0.05, 0) is 0 Å². The summed E-state index contributed by atoms with van der Waals surface area (Å²) in [7, 11) is 0. The molecule has 2 atom stereocenters. The lowest BCUT2D eigenvalue weighted by Crippen LogP contribution is -2.64. The highest BCUT2D eigenvalue weighted by Gasteiger charge is 2.38. The molecule has 0 radical (unpaired) electrons. The fraction of sp³-hybridized carbons (Fsp3) is 0.375. The van der Waals surface area contributed by atoms with Gasteiger partial charge in [0.1, 0.15) is 6.04 Å². The second-order valence-electron chi connectivity index (χ2n) is 3.16. The summed E-state index contributed by atoms with van der Waals surface area (Å²) in [6.45, 7) is 1.73. The predicted molar refractivity (Wildman–Crippen MR) is 45.5 cm³/mol. The average molecular weight is 212 g/mol. The molecule has 6 heteroatoms. The van der Waals surface area contributed by atoms with E-state index < -0.39 is 12.0 Å². The summed E-state index contributed by atoms with van der Waals surface area (Å²) >= 11 is 1.37. The Morgan fingerprint density at radius 3 is 3.07 bits per heavy atom. The Labute approximate surface area is 84.0 Å². The van der Waals surface area contributed by atoms with E-state index in [1.807, 2.05) is 0 Å². The van der Waals surface area contributed by atoms with Crippen molar-refractivity contribution < 1.29 is 19.3 Å². The van der Waals surface area contributed by atoms with Crippen LogP contribution in [0.3, 0.4) is 0 Å². The highest BCUT2D eigenvalue weighted by atomic mass is 32.1. The highest BCUT2D eigenvalue weighted by Crippen LogP contribution is 2.13. The van der Waals surface area contributed by atoms with Crippen molar-refractivity contribution in [1.29, 1.82) is 0 Å². The van der Waals surface area contributed by atoms with Gasteiger partial charge in [-0.2, -0.15) is 4.57 Å². The van der Waals surface area contributed by atoms with Crippen LogP contribution in [0.1, 0.15) is 23.5 Å². The summed E-state index contributed by atoms with van der Waals surface area (Å²) in [4.78, 5) is 22.1. The van der Waals surface area contributed by atoms with E-state index in [1.165, 1.54) is 11.3 Å². The lowest BCUT2D eigenvalue weighted by molar-refractivity contribution is -0.721. The minimum absolute atomic E-state index is 0.307. The molecule has 1 aliphatic heterocycles. The molecular weight excluding hydrogens is 204 g/mol. The van der Waals surface area contributed by atoms with Gasteiger partial charge in [-0.3, -0.25) is 4.79 Å². The molecule has 0 aliphatic carbocycles. The molecule has 0 bridgehead atoms. The monoisotopic (exact) mass is 212 g/mol. The van der Waals surface area contributed by atoms with Crippen LogP contribution in [-0.2, 0) is 4.79 Å². The van der Waals surface area contributed by atoms with Gasteiger partial charge in [-0.25, -0.2) is 0 Å². The zero-order valence-electron chi connectivity index (χ0n) is 7.39. The third kappa shape index (κ3) is 1.19. The number of aliphatic carboxylic acids is 1. The van der Waals surface area contributed by atoms with Gasteiger partial charge >= 0.3 is 5.91 Å². The largest absolute Gasteiger partial charge is 0.548 e. The van der Waals surface area contributed by atoms with Crippen LogP contribution in [0.5, 0.6) is 0 Å². The summed E-state index contributed by atoms with van der Waals surface area (Å²) in [5.41, 5.74) is 2.23. The number of carbonyl (C=O) groups excluding carboxylic acids is 2. The molecule has 0 saturated heterocycles. The summed E-state index contributed by atoms with van der Waals surface area (Å²) < 4.78 is 1.66. The molecule has 0 aromatic carbocycles. The Hall–Kier alpha value is -1.43. The number of aromatic nitrogens is 1. The van der Waals surface area contributed by atoms with Gasteiger partial charge in [0.15, 0.2) is 6.04 Å². The zero-order valence-corrected chi connectivity index (χ0v) is 8.21. The van der Waals surface area contributed by atoms with E-state index in [-0.39, 0.29) is 11.9 Å². The third-order valence-corrected chi connectivity index (χ3v) is 3.03. The highest BCUT2D eigenvalue weighted by molar-refractivity contribution is 7.07. The molecular formula is C8H8N2O3S. The number of fused-ring (bicyclic) bond motifs is 1. The zero-order chi connectivity index (χ0) is 10.3. The molecule has 5 nitrogen and oxygen atoms in total. The fourth-order valence-corrected chi connectivity index (χ4v) is 2.37. The van der Waals surface area contributed by atoms with Crippen molar-refractivity contribution in [2.24, 2.45) is 0 Å². The Morgan fingerprint density at radius 1 is 1.71 bits per heavy atom. The van der Waals surface area contributed by atoms with Crippen LogP contribution in [0.15, 0.2) is 10.9 Å². The lowest BCUT2D eigenvalue weighted by Gasteiger charge is -2.25. The number of hydrogen-bond donors (Lipinski definition) is 1. The molecule has 0 fully saturated rings. The van der Waals surface area contributed by atoms with Crippen molar-refractivity contribution in [3.63, 3.8) is 0 Å². The van der Waals surface area contributed by atoms with Crippen molar-refractivity contribution in [2.75, 3.05) is 0 Å². The van der Waals surface area contributed by atoms with E-state index in [9.17, 15) is 14.7 Å². The summed E-state index contributed by atoms with van der Waals surface area (Å²) in [5.74, 6) is -1.62. The first kappa shape index (κ1) is 9.14. The quantitative estimate of drug-likeness (QED) is 0.573. The van der Waals surface area contributed by atoms with Crippen LogP contribution in [0.2, 0.25) is 0 Å². The standard InChI is InChI=1S/C8H8N2O3S/c1-4-6(8(12)13)9-7(11)5-2-14-3-10(4)5/h2-4,6H,1H3,(H-,9,11,12,13)/t4-,6+/m0/s1. The van der Waals surface area contributed by atoms with E-state index in [4.69, 9.17) is 0 Å². The second-order valence-corrected chi connectivity index (χ2v) is 3.88. The van der Waals surface area contributed by atoms with E-state index in [0.29, 0.717) is 5.69 Å². The summed E-state index contributed by atoms with van der Waals surface area (Å²) in [6.07, 6.45) is 0. The number of nitrogens with zero attached hydrogens (tertiary/aromatic N) is 1. The number of rotatable bonds is 1. The van der Waals surface area contributed by atoms with Gasteiger partial charge in [-0.15, -0.1) is 0 Å². The van der Waals surface area contributed by atoms with Crippen molar-refractivity contribution in [3.05, 3.63) is 16.6 Å². The van der Waals surface area contributed by atoms with Crippen molar-refractivity contribution in [3.8, 4) is 0 Å². The molecule has 2 heterocycles. The molecule has 0 saturated carbocycles. The number of carbonyl (C=O) groups is 2. The maximum atomic E-state index is 11.4. The van der Waals surface area contributed by atoms with Crippen molar-refractivity contribution >= 4 is 23.2 Å². The van der Waals surface area contributed by atoms with Gasteiger partial charge in [0, 0.05) is 6.92 Å². The Morgan fingerprint density at radius 2 is 2.43 bits per heavy atom. The van der Waals surface area contributed by atoms with Crippen molar-refractivity contribution in [1.82, 2.24) is 5.32 Å². The van der Waals surface area contributed by atoms with Crippen molar-refractivity contribution in [2.45, 2.75) is 19.0 Å². The SMILES string of the molecule is C[C@H]1[C@H](C(=O)[O-])NC(=O)c2csc[n+]21. The topological polar surface area (TPSA) is 73.1 Å². The van der Waals surface area contributed by atoms with Gasteiger partial charge in [-0.1, -0.05) is 11.3 Å². The Bertz CT molecular complexity index is 401. The minimum Gasteiger partial charge on any atom is -0.548 e. The van der Waals surface area contributed by atoms with Crippen LogP contribution < -0.4 is 15.0 Å². The van der Waals surface area contributed by atoms with Gasteiger partial charge < -0.3 is 15.2 Å². The minimum atomic E-state index is -1.25. The lowest BCUT2D eigenvalue weighted by atomic mass is 10.1. The van der Waals surface area contributed by atoms with E-state index in [1.54, 1.807) is 22.4 Å². The summed E-state index contributed by atoms with van der Waals surface area (Å²) in [6, 6.07) is -1.26. The maximum absolute atomic E-state index is 11.4. The average Bonchev–Trinajstić information content (AvgIpc) is 2.59. The van der Waals surface area contributed by atoms with E-state index >= 15 is 0 Å². The van der Waals surface area contributed by atoms with Gasteiger partial charge in [0.05, 0.1) is 11.3 Å². The maximum Gasteiger partial charge on any atom is 0.317 e. The smallest absolute Gasteiger partial charge is 0.317 e. The van der Waals surface area contributed by atoms with Crippen LogP contribution >= 0.6 is 11.3 Å². The summed E-state index contributed by atoms with van der Waals surface area (Å²) in [5, 5.41) is 14.8. The predicted octanol–water partition coefficient (Wildman–Crippen LogP) is -1.54. The first-order valence-corrected chi connectivity index (χ1v) is 5.04. The third-order valence-electron chi connectivity index (χ3n) is 2.33. The molecule has 1 aromatic heterocycles. The number of carboxylic acid groups (broad SMARTS) is 1. The molecule has 1 amide bonds. The molecule has 0 unspecified atom stereocenters. The Balaban J connectivity index is 2.44.